The molecule has 29 heavy (non-hydrogen) atoms. The Balaban J connectivity index is 1.88. The smallest absolute Gasteiger partial charge is 0.255 e. The van der Waals surface area contributed by atoms with E-state index in [1.807, 2.05) is 24.3 Å². The second-order valence-electron chi connectivity index (χ2n) is 7.44. The highest BCUT2D eigenvalue weighted by Gasteiger charge is 2.30. The first-order valence-electron chi connectivity index (χ1n) is 10.0. The lowest BCUT2D eigenvalue weighted by molar-refractivity contribution is 0.102. The number of nitrogens with zero attached hydrogens (tertiary/aromatic N) is 1. The monoisotopic (exact) mass is 416 g/mol. The van der Waals surface area contributed by atoms with Gasteiger partial charge in [0.15, 0.2) is 0 Å². The fourth-order valence-electron chi connectivity index (χ4n) is 3.35. The predicted octanol–water partition coefficient (Wildman–Crippen LogP) is 4.25. The number of benzene rings is 2. The summed E-state index contributed by atoms with van der Waals surface area (Å²) in [6.07, 6.45) is 1.69. The molecule has 1 amide bonds. The molecule has 2 aromatic rings. The summed E-state index contributed by atoms with van der Waals surface area (Å²) >= 11 is 0. The van der Waals surface area contributed by atoms with E-state index in [1.54, 1.807) is 19.1 Å². The topological polar surface area (TPSA) is 75.7 Å². The molecule has 0 atom stereocenters. The maximum absolute atomic E-state index is 13.1. The Bertz CT molecular complexity index is 963. The lowest BCUT2D eigenvalue weighted by atomic mass is 10.0. The highest BCUT2D eigenvalue weighted by molar-refractivity contribution is 7.89. The number of carbonyl (C=O) groups is 1. The Hall–Kier alpha value is -2.38. The summed E-state index contributed by atoms with van der Waals surface area (Å²) in [5.41, 5.74) is 2.12. The van der Waals surface area contributed by atoms with Gasteiger partial charge in [-0.25, -0.2) is 8.42 Å². The Morgan fingerprint density at radius 3 is 2.34 bits per heavy atom. The maximum atomic E-state index is 13.1. The summed E-state index contributed by atoms with van der Waals surface area (Å²) in [4.78, 5) is 12.8. The van der Waals surface area contributed by atoms with Crippen LogP contribution in [0.4, 0.5) is 5.69 Å². The van der Waals surface area contributed by atoms with Crippen LogP contribution in [0.3, 0.4) is 0 Å². The lowest BCUT2D eigenvalue weighted by Gasteiger charge is -2.19. The molecule has 1 heterocycles. The molecular weight excluding hydrogens is 388 g/mol. The average Bonchev–Trinajstić information content (AvgIpc) is 3.24. The van der Waals surface area contributed by atoms with Gasteiger partial charge in [0.2, 0.25) is 10.0 Å². The standard InChI is InChI=1S/C22H28N2O4S/c1-4-28-20-12-9-18(15-21(20)29(26,27)24-13-5-6-14-24)22(25)23-19-10-7-17(8-11-19)16(2)3/h7-12,15-16H,4-6,13-14H2,1-3H3,(H,23,25). The van der Waals surface area contributed by atoms with Crippen molar-refractivity contribution in [2.75, 3.05) is 25.0 Å². The van der Waals surface area contributed by atoms with Crippen molar-refractivity contribution in [2.45, 2.75) is 44.4 Å². The molecule has 1 fully saturated rings. The molecule has 0 spiro atoms. The van der Waals surface area contributed by atoms with Crippen molar-refractivity contribution < 1.29 is 17.9 Å². The van der Waals surface area contributed by atoms with Gasteiger partial charge in [-0.1, -0.05) is 26.0 Å². The van der Waals surface area contributed by atoms with Gasteiger partial charge in [-0.2, -0.15) is 4.31 Å². The van der Waals surface area contributed by atoms with Gasteiger partial charge in [-0.15, -0.1) is 0 Å². The molecule has 0 bridgehead atoms. The number of nitrogens with one attached hydrogen (secondary N) is 1. The fourth-order valence-corrected chi connectivity index (χ4v) is 5.02. The van der Waals surface area contributed by atoms with Crippen LogP contribution in [-0.2, 0) is 10.0 Å². The van der Waals surface area contributed by atoms with Crippen LogP contribution in [0.1, 0.15) is 55.5 Å². The first-order valence-corrected chi connectivity index (χ1v) is 11.4. The van der Waals surface area contributed by atoms with E-state index >= 15 is 0 Å². The van der Waals surface area contributed by atoms with E-state index < -0.39 is 10.0 Å². The first kappa shape index (κ1) is 21.3. The minimum atomic E-state index is -3.71. The van der Waals surface area contributed by atoms with Crippen molar-refractivity contribution >= 4 is 21.6 Å². The lowest BCUT2D eigenvalue weighted by Crippen LogP contribution is -2.28. The van der Waals surface area contributed by atoms with Crippen LogP contribution in [0.2, 0.25) is 0 Å². The third-order valence-electron chi connectivity index (χ3n) is 5.02. The summed E-state index contributed by atoms with van der Waals surface area (Å²) in [6.45, 7) is 7.34. The first-order chi connectivity index (χ1) is 13.8. The maximum Gasteiger partial charge on any atom is 0.255 e. The van der Waals surface area contributed by atoms with Gasteiger partial charge < -0.3 is 10.1 Å². The van der Waals surface area contributed by atoms with Crippen molar-refractivity contribution in [2.24, 2.45) is 0 Å². The molecule has 1 saturated heterocycles. The summed E-state index contributed by atoms with van der Waals surface area (Å²) in [7, 11) is -3.71. The minimum absolute atomic E-state index is 0.0454. The van der Waals surface area contributed by atoms with Crippen LogP contribution in [0.5, 0.6) is 5.75 Å². The molecule has 1 aliphatic rings. The van der Waals surface area contributed by atoms with E-state index in [9.17, 15) is 13.2 Å². The van der Waals surface area contributed by atoms with Crippen LogP contribution in [0.15, 0.2) is 47.4 Å². The second kappa shape index (κ2) is 8.97. The Kier molecular flexibility index (Phi) is 6.59. The van der Waals surface area contributed by atoms with Gasteiger partial charge in [0.05, 0.1) is 6.61 Å². The van der Waals surface area contributed by atoms with E-state index in [2.05, 4.69) is 19.2 Å². The molecular formula is C22H28N2O4S. The number of hydrogen-bond donors (Lipinski definition) is 1. The van der Waals surface area contributed by atoms with Crippen LogP contribution in [0, 0.1) is 0 Å². The van der Waals surface area contributed by atoms with Gasteiger partial charge in [0.25, 0.3) is 5.91 Å². The summed E-state index contributed by atoms with van der Waals surface area (Å²) < 4.78 is 33.1. The number of sulfonamides is 1. The molecule has 0 unspecified atom stereocenters. The molecule has 3 rings (SSSR count). The van der Waals surface area contributed by atoms with E-state index in [4.69, 9.17) is 4.74 Å². The van der Waals surface area contributed by atoms with E-state index in [1.165, 1.54) is 15.9 Å². The molecule has 0 aliphatic carbocycles. The van der Waals surface area contributed by atoms with Crippen molar-refractivity contribution in [3.05, 3.63) is 53.6 Å². The highest BCUT2D eigenvalue weighted by Crippen LogP contribution is 2.30. The molecule has 6 nitrogen and oxygen atoms in total. The SMILES string of the molecule is CCOc1ccc(C(=O)Nc2ccc(C(C)C)cc2)cc1S(=O)(=O)N1CCCC1. The molecule has 2 aromatic carbocycles. The minimum Gasteiger partial charge on any atom is -0.492 e. The number of anilines is 1. The van der Waals surface area contributed by atoms with Crippen molar-refractivity contribution in [1.82, 2.24) is 4.31 Å². The Labute approximate surface area is 172 Å². The molecule has 0 radical (unpaired) electrons. The van der Waals surface area contributed by atoms with E-state index in [-0.39, 0.29) is 22.1 Å². The summed E-state index contributed by atoms with van der Waals surface area (Å²) in [6, 6.07) is 12.2. The third-order valence-corrected chi connectivity index (χ3v) is 6.94. The van der Waals surface area contributed by atoms with Gasteiger partial charge >= 0.3 is 0 Å². The number of ether oxygens (including phenoxy) is 1. The van der Waals surface area contributed by atoms with Crippen molar-refractivity contribution in [3.8, 4) is 5.75 Å². The largest absolute Gasteiger partial charge is 0.492 e. The number of amides is 1. The van der Waals surface area contributed by atoms with Crippen molar-refractivity contribution in [1.29, 1.82) is 0 Å². The normalized spacial score (nSPS) is 14.9. The number of hydrogen-bond acceptors (Lipinski definition) is 4. The number of carbonyl (C=O) groups excluding carboxylic acids is 1. The van der Waals surface area contributed by atoms with Gasteiger partial charge in [-0.05, 0) is 61.6 Å². The van der Waals surface area contributed by atoms with Gasteiger partial charge in [0, 0.05) is 24.3 Å². The van der Waals surface area contributed by atoms with Crippen molar-refractivity contribution in [3.63, 3.8) is 0 Å². The van der Waals surface area contributed by atoms with Crippen LogP contribution >= 0.6 is 0 Å². The fraction of sp³-hybridized carbons (Fsp3) is 0.409. The zero-order chi connectivity index (χ0) is 21.0. The van der Waals surface area contributed by atoms with E-state index in [0.29, 0.717) is 31.3 Å². The van der Waals surface area contributed by atoms with Gasteiger partial charge in [0.1, 0.15) is 10.6 Å². The average molecular weight is 417 g/mol. The Morgan fingerprint density at radius 2 is 1.76 bits per heavy atom. The number of rotatable bonds is 7. The highest BCUT2D eigenvalue weighted by atomic mass is 32.2. The van der Waals surface area contributed by atoms with Gasteiger partial charge in [-0.3, -0.25) is 4.79 Å². The third kappa shape index (κ3) is 4.79. The molecule has 7 heteroatoms. The molecule has 0 aromatic heterocycles. The van der Waals surface area contributed by atoms with Crippen LogP contribution in [0.25, 0.3) is 0 Å². The molecule has 0 saturated carbocycles. The summed E-state index contributed by atoms with van der Waals surface area (Å²) in [5.74, 6) is 0.324. The predicted molar refractivity (Wildman–Crippen MR) is 114 cm³/mol. The molecule has 1 aliphatic heterocycles. The quantitative estimate of drug-likeness (QED) is 0.732. The zero-order valence-electron chi connectivity index (χ0n) is 17.1. The molecule has 156 valence electrons. The second-order valence-corrected chi connectivity index (χ2v) is 9.34. The molecule has 1 N–H and O–H groups in total. The summed E-state index contributed by atoms with van der Waals surface area (Å²) in [5, 5.41) is 2.84. The Morgan fingerprint density at radius 1 is 1.10 bits per heavy atom. The zero-order valence-corrected chi connectivity index (χ0v) is 18.0. The van der Waals surface area contributed by atoms with Crippen LogP contribution < -0.4 is 10.1 Å². The van der Waals surface area contributed by atoms with E-state index in [0.717, 1.165) is 12.8 Å². The van der Waals surface area contributed by atoms with Crippen LogP contribution in [-0.4, -0.2) is 38.3 Å².